The zero-order chi connectivity index (χ0) is 11.4. The maximum absolute atomic E-state index is 4.21. The van der Waals surface area contributed by atoms with E-state index in [2.05, 4.69) is 40.5 Å². The van der Waals surface area contributed by atoms with Crippen molar-refractivity contribution in [1.82, 2.24) is 14.9 Å². The molecule has 16 heavy (non-hydrogen) atoms. The van der Waals surface area contributed by atoms with Gasteiger partial charge in [-0.25, -0.2) is 4.98 Å². The molecule has 1 aliphatic rings. The van der Waals surface area contributed by atoms with Crippen LogP contribution in [-0.2, 0) is 6.54 Å². The molecule has 0 saturated carbocycles. The molecule has 1 atom stereocenters. The topological polar surface area (TPSA) is 29.9 Å². The minimum atomic E-state index is 0.500. The van der Waals surface area contributed by atoms with Gasteiger partial charge in [0.05, 0.1) is 12.0 Å². The predicted octanol–water partition coefficient (Wildman–Crippen LogP) is 2.45. The minimum absolute atomic E-state index is 0.500. The lowest BCUT2D eigenvalue weighted by atomic mass is 10.2. The fourth-order valence-corrected chi connectivity index (χ4v) is 3.34. The summed E-state index contributed by atoms with van der Waals surface area (Å²) >= 11 is 2.11. The van der Waals surface area contributed by atoms with E-state index in [-0.39, 0.29) is 0 Å². The molecule has 90 valence electrons. The lowest BCUT2D eigenvalue weighted by molar-refractivity contribution is 0.547. The Balaban J connectivity index is 1.78. The third-order valence-electron chi connectivity index (χ3n) is 3.00. The van der Waals surface area contributed by atoms with Gasteiger partial charge in [0.15, 0.2) is 0 Å². The first kappa shape index (κ1) is 12.0. The summed E-state index contributed by atoms with van der Waals surface area (Å²) < 4.78 is 2.23. The van der Waals surface area contributed by atoms with E-state index in [1.54, 1.807) is 0 Å². The molecule has 1 aromatic rings. The summed E-state index contributed by atoms with van der Waals surface area (Å²) in [6, 6.07) is 0.500. The molecule has 0 radical (unpaired) electrons. The third kappa shape index (κ3) is 3.01. The molecule has 0 spiro atoms. The van der Waals surface area contributed by atoms with Crippen LogP contribution in [0.5, 0.6) is 0 Å². The van der Waals surface area contributed by atoms with Crippen LogP contribution in [0.4, 0.5) is 0 Å². The fourth-order valence-electron chi connectivity index (χ4n) is 2.10. The van der Waals surface area contributed by atoms with Gasteiger partial charge in [-0.1, -0.05) is 0 Å². The Hall–Kier alpha value is -0.480. The standard InChI is InChI=1S/C12H21N3S/c1-10(2)15-9-14-7-11(15)6-13-8-12-4-3-5-16-12/h7,9-10,12-13H,3-6,8H2,1-2H3. The molecule has 2 rings (SSSR count). The first-order valence-electron chi connectivity index (χ1n) is 6.10. The summed E-state index contributed by atoms with van der Waals surface area (Å²) in [5, 5.41) is 4.37. The highest BCUT2D eigenvalue weighted by molar-refractivity contribution is 8.00. The first-order valence-corrected chi connectivity index (χ1v) is 7.15. The van der Waals surface area contributed by atoms with E-state index in [1.165, 1.54) is 24.3 Å². The molecule has 3 nitrogen and oxygen atoms in total. The second-order valence-electron chi connectivity index (χ2n) is 4.65. The van der Waals surface area contributed by atoms with E-state index in [9.17, 15) is 0 Å². The van der Waals surface area contributed by atoms with Gasteiger partial charge in [0.25, 0.3) is 0 Å². The number of thioether (sulfide) groups is 1. The summed E-state index contributed by atoms with van der Waals surface area (Å²) in [4.78, 5) is 4.21. The zero-order valence-corrected chi connectivity index (χ0v) is 11.0. The molecule has 1 aliphatic heterocycles. The van der Waals surface area contributed by atoms with Crippen LogP contribution in [-0.4, -0.2) is 27.1 Å². The van der Waals surface area contributed by atoms with Gasteiger partial charge in [-0.05, 0) is 32.4 Å². The minimum Gasteiger partial charge on any atom is -0.331 e. The molecule has 1 unspecified atom stereocenters. The molecule has 0 aromatic carbocycles. The molecule has 1 aromatic heterocycles. The molecule has 1 fully saturated rings. The van der Waals surface area contributed by atoms with E-state index >= 15 is 0 Å². The maximum Gasteiger partial charge on any atom is 0.0951 e. The number of nitrogens with one attached hydrogen (secondary N) is 1. The lowest BCUT2D eigenvalue weighted by Crippen LogP contribution is -2.24. The summed E-state index contributed by atoms with van der Waals surface area (Å²) in [7, 11) is 0. The number of nitrogens with zero attached hydrogens (tertiary/aromatic N) is 2. The van der Waals surface area contributed by atoms with Crippen molar-refractivity contribution in [2.45, 2.75) is 44.5 Å². The van der Waals surface area contributed by atoms with Crippen LogP contribution in [0.25, 0.3) is 0 Å². The SMILES string of the molecule is CC(C)n1cncc1CNCC1CCCS1. The van der Waals surface area contributed by atoms with Crippen molar-refractivity contribution in [3.63, 3.8) is 0 Å². The fraction of sp³-hybridized carbons (Fsp3) is 0.750. The number of aromatic nitrogens is 2. The first-order chi connectivity index (χ1) is 7.77. The van der Waals surface area contributed by atoms with Gasteiger partial charge in [-0.3, -0.25) is 0 Å². The smallest absolute Gasteiger partial charge is 0.0951 e. The van der Waals surface area contributed by atoms with Crippen LogP contribution in [0, 0.1) is 0 Å². The van der Waals surface area contributed by atoms with Gasteiger partial charge in [-0.2, -0.15) is 11.8 Å². The van der Waals surface area contributed by atoms with Gasteiger partial charge in [0, 0.05) is 30.6 Å². The molecule has 1 saturated heterocycles. The van der Waals surface area contributed by atoms with E-state index in [4.69, 9.17) is 0 Å². The number of hydrogen-bond acceptors (Lipinski definition) is 3. The normalized spacial score (nSPS) is 20.8. The van der Waals surface area contributed by atoms with Crippen LogP contribution in [0.3, 0.4) is 0 Å². The second kappa shape index (κ2) is 5.73. The van der Waals surface area contributed by atoms with Crippen molar-refractivity contribution in [2.75, 3.05) is 12.3 Å². The Labute approximate surface area is 102 Å². The van der Waals surface area contributed by atoms with Crippen LogP contribution >= 0.6 is 11.8 Å². The van der Waals surface area contributed by atoms with Crippen molar-refractivity contribution in [3.05, 3.63) is 18.2 Å². The summed E-state index contributed by atoms with van der Waals surface area (Å²) in [5.41, 5.74) is 1.29. The molecule has 0 aliphatic carbocycles. The molecular formula is C12H21N3S. The molecule has 2 heterocycles. The molecule has 0 amide bonds. The van der Waals surface area contributed by atoms with Crippen molar-refractivity contribution in [2.24, 2.45) is 0 Å². The summed E-state index contributed by atoms with van der Waals surface area (Å²) in [5.74, 6) is 1.34. The van der Waals surface area contributed by atoms with Crippen LogP contribution in [0.15, 0.2) is 12.5 Å². The van der Waals surface area contributed by atoms with Crippen LogP contribution < -0.4 is 5.32 Å². The van der Waals surface area contributed by atoms with E-state index in [0.717, 1.165) is 18.3 Å². The Kier molecular flexibility index (Phi) is 4.29. The maximum atomic E-state index is 4.21. The molecule has 4 heteroatoms. The summed E-state index contributed by atoms with van der Waals surface area (Å²) in [6.07, 6.45) is 6.66. The average Bonchev–Trinajstić information content (AvgIpc) is 2.87. The quantitative estimate of drug-likeness (QED) is 0.856. The van der Waals surface area contributed by atoms with Gasteiger partial charge in [-0.15, -0.1) is 0 Å². The number of rotatable bonds is 5. The van der Waals surface area contributed by atoms with Crippen molar-refractivity contribution in [3.8, 4) is 0 Å². The number of imidazole rings is 1. The largest absolute Gasteiger partial charge is 0.331 e. The van der Waals surface area contributed by atoms with Gasteiger partial charge in [0.2, 0.25) is 0 Å². The third-order valence-corrected chi connectivity index (χ3v) is 4.40. The average molecular weight is 239 g/mol. The highest BCUT2D eigenvalue weighted by Crippen LogP contribution is 2.25. The highest BCUT2D eigenvalue weighted by Gasteiger charge is 2.15. The lowest BCUT2D eigenvalue weighted by Gasteiger charge is -2.14. The van der Waals surface area contributed by atoms with Crippen molar-refractivity contribution < 1.29 is 0 Å². The Morgan fingerprint density at radius 1 is 1.62 bits per heavy atom. The molecule has 1 N–H and O–H groups in total. The van der Waals surface area contributed by atoms with Gasteiger partial charge < -0.3 is 9.88 Å². The highest BCUT2D eigenvalue weighted by atomic mass is 32.2. The van der Waals surface area contributed by atoms with Gasteiger partial charge >= 0.3 is 0 Å². The van der Waals surface area contributed by atoms with Gasteiger partial charge in [0.1, 0.15) is 0 Å². The van der Waals surface area contributed by atoms with Crippen molar-refractivity contribution in [1.29, 1.82) is 0 Å². The van der Waals surface area contributed by atoms with E-state index in [1.807, 2.05) is 12.5 Å². The summed E-state index contributed by atoms with van der Waals surface area (Å²) in [6.45, 7) is 6.46. The van der Waals surface area contributed by atoms with Crippen molar-refractivity contribution >= 4 is 11.8 Å². The monoisotopic (exact) mass is 239 g/mol. The Morgan fingerprint density at radius 2 is 2.50 bits per heavy atom. The predicted molar refractivity (Wildman–Crippen MR) is 69.8 cm³/mol. The zero-order valence-electron chi connectivity index (χ0n) is 10.1. The Bertz CT molecular complexity index is 316. The second-order valence-corrected chi connectivity index (χ2v) is 6.06. The molecular weight excluding hydrogens is 218 g/mol. The van der Waals surface area contributed by atoms with E-state index < -0.39 is 0 Å². The van der Waals surface area contributed by atoms with Crippen LogP contribution in [0.1, 0.15) is 38.4 Å². The van der Waals surface area contributed by atoms with Crippen LogP contribution in [0.2, 0.25) is 0 Å². The number of hydrogen-bond donors (Lipinski definition) is 1. The molecule has 0 bridgehead atoms. The Morgan fingerprint density at radius 3 is 3.19 bits per heavy atom. The van der Waals surface area contributed by atoms with E-state index in [0.29, 0.717) is 6.04 Å².